The molecule has 0 unspecified atom stereocenters. The largest absolute Gasteiger partial charge is 0.507 e. The third-order valence-electron chi connectivity index (χ3n) is 10.0. The van der Waals surface area contributed by atoms with Crippen molar-refractivity contribution in [2.24, 2.45) is 0 Å². The number of hydrogen-bond acceptors (Lipinski definition) is 10. The Kier molecular flexibility index (Phi) is 10.2. The van der Waals surface area contributed by atoms with E-state index in [1.54, 1.807) is 30.3 Å². The van der Waals surface area contributed by atoms with Gasteiger partial charge in [0, 0.05) is 63.9 Å². The number of pyridine rings is 2. The van der Waals surface area contributed by atoms with E-state index in [-0.39, 0.29) is 40.7 Å². The number of benzene rings is 5. The number of aromatic nitrogens is 2. The number of aryl methyl sites for hydroxylation is 2. The maximum atomic E-state index is 14.1. The number of anilines is 2. The molecule has 8 rings (SSSR count). The number of halogens is 1. The van der Waals surface area contributed by atoms with E-state index in [1.165, 1.54) is 12.1 Å². The van der Waals surface area contributed by atoms with Gasteiger partial charge in [-0.25, -0.2) is 4.79 Å². The van der Waals surface area contributed by atoms with Gasteiger partial charge in [-0.15, -0.1) is 0 Å². The van der Waals surface area contributed by atoms with E-state index < -0.39 is 11.4 Å². The molecule has 12 heteroatoms. The smallest absolute Gasteiger partial charge is 0.335 e. The summed E-state index contributed by atoms with van der Waals surface area (Å²) >= 11 is 6.74. The van der Waals surface area contributed by atoms with E-state index in [1.807, 2.05) is 76.2 Å². The van der Waals surface area contributed by atoms with Gasteiger partial charge >= 0.3 is 5.97 Å². The number of aromatic carboxylic acids is 1. The molecule has 0 bridgehead atoms. The van der Waals surface area contributed by atoms with E-state index >= 15 is 0 Å². The Morgan fingerprint density at radius 2 is 1.33 bits per heavy atom. The van der Waals surface area contributed by atoms with Gasteiger partial charge in [0.05, 0.1) is 57.3 Å². The second-order valence-corrected chi connectivity index (χ2v) is 14.3. The summed E-state index contributed by atoms with van der Waals surface area (Å²) in [7, 11) is 0. The Morgan fingerprint density at radius 3 is 1.88 bits per heavy atom. The van der Waals surface area contributed by atoms with E-state index in [0.29, 0.717) is 74.8 Å². The van der Waals surface area contributed by atoms with Crippen molar-refractivity contribution in [3.05, 3.63) is 134 Å². The normalized spacial score (nSPS) is 11.4. The van der Waals surface area contributed by atoms with Gasteiger partial charge in [0.1, 0.15) is 28.6 Å². The molecule has 1 aliphatic carbocycles. The van der Waals surface area contributed by atoms with Crippen LogP contribution in [0.3, 0.4) is 0 Å². The van der Waals surface area contributed by atoms with Gasteiger partial charge in [-0.1, -0.05) is 35.9 Å². The van der Waals surface area contributed by atoms with Crippen LogP contribution in [-0.2, 0) is 13.1 Å². The van der Waals surface area contributed by atoms with Gasteiger partial charge in [0.25, 0.3) is 0 Å². The van der Waals surface area contributed by atoms with Crippen LogP contribution >= 0.6 is 11.6 Å². The minimum Gasteiger partial charge on any atom is -0.507 e. The molecule has 0 spiro atoms. The van der Waals surface area contributed by atoms with Crippen LogP contribution in [0.4, 0.5) is 11.4 Å². The van der Waals surface area contributed by atoms with Crippen LogP contribution in [0.5, 0.6) is 17.2 Å². The molecule has 4 N–H and O–H groups in total. The molecule has 2 aromatic heterocycles. The molecule has 0 saturated carbocycles. The van der Waals surface area contributed by atoms with Gasteiger partial charge in [0.15, 0.2) is 0 Å². The van der Waals surface area contributed by atoms with Crippen LogP contribution in [0, 0.1) is 13.8 Å². The molecule has 3 heterocycles. The zero-order chi connectivity index (χ0) is 40.7. The minimum absolute atomic E-state index is 0.00375. The maximum absolute atomic E-state index is 14.1. The molecule has 292 valence electrons. The van der Waals surface area contributed by atoms with Crippen molar-refractivity contribution < 1.29 is 28.9 Å². The lowest BCUT2D eigenvalue weighted by Gasteiger charge is -2.21. The number of rotatable bonds is 12. The molecule has 0 amide bonds. The summed E-state index contributed by atoms with van der Waals surface area (Å²) in [5.74, 6) is 0.443. The second-order valence-electron chi connectivity index (χ2n) is 13.9. The van der Waals surface area contributed by atoms with Crippen molar-refractivity contribution >= 4 is 61.7 Å². The quantitative estimate of drug-likeness (QED) is 0.0873. The summed E-state index contributed by atoms with van der Waals surface area (Å²) in [6, 6.07) is 26.7. The number of aromatic hydroxyl groups is 1. The van der Waals surface area contributed by atoms with E-state index in [4.69, 9.17) is 35.5 Å². The highest BCUT2D eigenvalue weighted by molar-refractivity contribution is 6.31. The molecule has 4 aromatic carbocycles. The summed E-state index contributed by atoms with van der Waals surface area (Å²) in [5.41, 5.74) is 6.90. The molecule has 0 fully saturated rings. The Hall–Kier alpha value is -6.85. The minimum atomic E-state index is -1.06. The average molecular weight is 795 g/mol. The van der Waals surface area contributed by atoms with Gasteiger partial charge in [-0.3, -0.25) is 14.8 Å². The Morgan fingerprint density at radius 1 is 0.759 bits per heavy atom. The Labute approximate surface area is 338 Å². The van der Waals surface area contributed by atoms with Crippen LogP contribution in [0.1, 0.15) is 46.7 Å². The van der Waals surface area contributed by atoms with E-state index in [0.717, 1.165) is 27.7 Å². The fraction of sp³-hybridized carbons (Fsp3) is 0.174. The van der Waals surface area contributed by atoms with Crippen LogP contribution in [0.25, 0.3) is 55.2 Å². The van der Waals surface area contributed by atoms with Gasteiger partial charge in [-0.2, -0.15) is 0 Å². The molecule has 0 saturated heterocycles. The fourth-order valence-electron chi connectivity index (χ4n) is 7.32. The summed E-state index contributed by atoms with van der Waals surface area (Å²) in [4.78, 5) is 35.5. The van der Waals surface area contributed by atoms with Crippen molar-refractivity contribution in [1.82, 2.24) is 9.97 Å². The number of hydrogen-bond donors (Lipinski definition) is 4. The van der Waals surface area contributed by atoms with Crippen LogP contribution in [0.15, 0.2) is 100 Å². The molecule has 11 nitrogen and oxygen atoms in total. The highest BCUT2D eigenvalue weighted by Gasteiger charge is 2.26. The van der Waals surface area contributed by atoms with Gasteiger partial charge in [-0.05, 0) is 87.9 Å². The number of ether oxygens (including phenoxy) is 2. The van der Waals surface area contributed by atoms with E-state index in [9.17, 15) is 19.8 Å². The van der Waals surface area contributed by atoms with E-state index in [2.05, 4.69) is 10.6 Å². The molecular formula is C46H39ClN4O7. The highest BCUT2D eigenvalue weighted by atomic mass is 35.5. The number of phenols is 1. The number of carbonyl (C=O) groups is 1. The molecule has 0 atom stereocenters. The first-order chi connectivity index (χ1) is 28.0. The molecule has 2 aliphatic rings. The summed E-state index contributed by atoms with van der Waals surface area (Å²) in [6.07, 6.45) is 0. The number of fused-ring (bicyclic) bond motifs is 4. The predicted octanol–water partition coefficient (Wildman–Crippen LogP) is 10.4. The molecular weight excluding hydrogens is 756 g/mol. The summed E-state index contributed by atoms with van der Waals surface area (Å²) in [5, 5.41) is 30.4. The number of carboxylic acid groups (broad SMARTS) is 1. The third-order valence-corrected chi connectivity index (χ3v) is 10.3. The first-order valence-corrected chi connectivity index (χ1v) is 19.2. The average Bonchev–Trinajstić information content (AvgIpc) is 3.20. The Balaban J connectivity index is 1.32. The number of nitrogens with one attached hydrogen (secondary N) is 2. The molecule has 58 heavy (non-hydrogen) atoms. The number of carboxylic acids is 1. The lowest BCUT2D eigenvalue weighted by atomic mass is 9.90. The summed E-state index contributed by atoms with van der Waals surface area (Å²) < 4.78 is 18.5. The molecule has 6 aromatic rings. The third kappa shape index (κ3) is 7.16. The van der Waals surface area contributed by atoms with Crippen molar-refractivity contribution in [3.63, 3.8) is 0 Å². The van der Waals surface area contributed by atoms with Crippen molar-refractivity contribution in [2.75, 3.05) is 23.8 Å². The second kappa shape index (κ2) is 15.6. The standard InChI is InChI=1S/C46H39ClN4O7/c1-5-56-30-17-28-9-7-24(3)50-41(28)37(19-30)48-22-34-39(52)16-15-32-40(26-11-13-27(14-12-26)46(54)55)33-21-36(47)43(53)35(45(33)58-44(32)34)23-49-38-20-31(57-6-2)18-29-10-8-25(4)51-42(29)38/h7-21,48-49,52H,5-6,22-23H2,1-4H3,(H,54,55). The van der Waals surface area contributed by atoms with Crippen molar-refractivity contribution in [1.29, 1.82) is 0 Å². The Bertz CT molecular complexity index is 2930. The topological polar surface area (TPSA) is 156 Å². The molecule has 1 aliphatic heterocycles. The number of nitrogens with zero attached hydrogens (tertiary/aromatic N) is 2. The SMILES string of the molecule is CCOc1cc(NCc2c3oc4c(CNc5cc(OCC)cc6ccc(C)nc56)c(O)ccc4c(-c4ccc(C(=O)O)cc4)c-3cc(Cl)c2=O)c2nc(C)ccc2c1. The predicted molar refractivity (Wildman–Crippen MR) is 228 cm³/mol. The van der Waals surface area contributed by atoms with Crippen molar-refractivity contribution in [3.8, 4) is 39.7 Å². The number of phenolic OH excluding ortho intramolecular Hbond substituents is 1. The zero-order valence-electron chi connectivity index (χ0n) is 32.2. The van der Waals surface area contributed by atoms with Gasteiger partial charge < -0.3 is 34.7 Å². The zero-order valence-corrected chi connectivity index (χ0v) is 33.0. The van der Waals surface area contributed by atoms with Crippen LogP contribution in [0.2, 0.25) is 5.02 Å². The first-order valence-electron chi connectivity index (χ1n) is 18.9. The van der Waals surface area contributed by atoms with Crippen LogP contribution in [-0.4, -0.2) is 39.4 Å². The molecule has 0 radical (unpaired) electrons. The fourth-order valence-corrected chi connectivity index (χ4v) is 7.54. The monoisotopic (exact) mass is 794 g/mol. The van der Waals surface area contributed by atoms with Gasteiger partial charge in [0.2, 0.25) is 5.43 Å². The lowest BCUT2D eigenvalue weighted by molar-refractivity contribution is 0.0697. The van der Waals surface area contributed by atoms with Crippen molar-refractivity contribution in [2.45, 2.75) is 40.8 Å². The summed E-state index contributed by atoms with van der Waals surface area (Å²) in [6.45, 7) is 8.69. The highest BCUT2D eigenvalue weighted by Crippen LogP contribution is 2.45. The lowest BCUT2D eigenvalue weighted by Crippen LogP contribution is -2.17. The maximum Gasteiger partial charge on any atom is 0.335 e. The van der Waals surface area contributed by atoms with Crippen LogP contribution < -0.4 is 25.5 Å². The first kappa shape index (κ1) is 38.0.